The first kappa shape index (κ1) is 15.7. The summed E-state index contributed by atoms with van der Waals surface area (Å²) in [6, 6.07) is 0. The van der Waals surface area contributed by atoms with Crippen LogP contribution in [0, 0.1) is 0 Å². The molecule has 0 N–H and O–H groups in total. The summed E-state index contributed by atoms with van der Waals surface area (Å²) in [4.78, 5) is 15.6. The van der Waals surface area contributed by atoms with Crippen LogP contribution in [0.2, 0.25) is 0 Å². The van der Waals surface area contributed by atoms with E-state index in [1.165, 1.54) is 6.92 Å². The minimum atomic E-state index is -0.774. The van der Waals surface area contributed by atoms with Gasteiger partial charge in [0.15, 0.2) is 23.8 Å². The summed E-state index contributed by atoms with van der Waals surface area (Å²) < 4.78 is 28.9. The van der Waals surface area contributed by atoms with Gasteiger partial charge in [-0.3, -0.25) is 0 Å². The molecule has 3 heterocycles. The average molecular weight is 315 g/mol. The largest absolute Gasteiger partial charge is 0.468 e. The standard InChI is InChI=1S/C14H21NO7/c1-7(16)22-15-12-11-10(20-14(4,5)21-11)9(18-12)8-6-17-13(2,3)19-8/h8-11H,6H2,1-5H3/b15-12+/t8?,9-,10+,11+/m1/s1. The average Bonchev–Trinajstić information content (AvgIpc) is 2.97. The fraction of sp³-hybridized carbons (Fsp3) is 0.857. The third-order valence-corrected chi connectivity index (χ3v) is 3.61. The highest BCUT2D eigenvalue weighted by Crippen LogP contribution is 2.40. The Hall–Kier alpha value is -1.22. The van der Waals surface area contributed by atoms with E-state index < -0.39 is 35.9 Å². The predicted octanol–water partition coefficient (Wildman–Crippen LogP) is 0.933. The Balaban J connectivity index is 1.80. The second kappa shape index (κ2) is 5.16. The first-order chi connectivity index (χ1) is 10.2. The molecule has 0 aromatic rings. The fourth-order valence-corrected chi connectivity index (χ4v) is 2.84. The zero-order chi connectivity index (χ0) is 16.1. The first-order valence-electron chi connectivity index (χ1n) is 7.26. The van der Waals surface area contributed by atoms with Crippen molar-refractivity contribution in [3.8, 4) is 0 Å². The van der Waals surface area contributed by atoms with Crippen LogP contribution in [0.3, 0.4) is 0 Å². The zero-order valence-corrected chi connectivity index (χ0v) is 13.3. The monoisotopic (exact) mass is 315 g/mol. The molecule has 0 amide bonds. The molecule has 0 radical (unpaired) electrons. The Bertz CT molecular complexity index is 501. The van der Waals surface area contributed by atoms with Gasteiger partial charge in [0.2, 0.25) is 0 Å². The summed E-state index contributed by atoms with van der Waals surface area (Å²) in [5.74, 6) is -1.79. The quantitative estimate of drug-likeness (QED) is 0.553. The van der Waals surface area contributed by atoms with Gasteiger partial charge in [-0.15, -0.1) is 0 Å². The van der Waals surface area contributed by atoms with Crippen molar-refractivity contribution in [2.75, 3.05) is 6.61 Å². The molecule has 0 spiro atoms. The Kier molecular flexibility index (Phi) is 3.67. The molecule has 0 aliphatic carbocycles. The summed E-state index contributed by atoms with van der Waals surface area (Å²) in [7, 11) is 0. The van der Waals surface area contributed by atoms with Crippen LogP contribution >= 0.6 is 0 Å². The SMILES string of the molecule is CC(=O)O/N=C1/O[C@H](C2COC(C)(C)O2)[C@@H]2OC(C)(C)O[C@H]12. The lowest BCUT2D eigenvalue weighted by Crippen LogP contribution is -2.40. The molecule has 3 aliphatic rings. The van der Waals surface area contributed by atoms with Crippen molar-refractivity contribution in [3.63, 3.8) is 0 Å². The summed E-state index contributed by atoms with van der Waals surface area (Å²) in [6.07, 6.45) is -1.69. The van der Waals surface area contributed by atoms with Gasteiger partial charge in [-0.25, -0.2) is 4.79 Å². The van der Waals surface area contributed by atoms with E-state index in [1.807, 2.05) is 27.7 Å². The first-order valence-corrected chi connectivity index (χ1v) is 7.26. The van der Waals surface area contributed by atoms with Gasteiger partial charge in [0, 0.05) is 6.92 Å². The fourth-order valence-electron chi connectivity index (χ4n) is 2.84. The highest BCUT2D eigenvalue weighted by Gasteiger charge is 2.59. The van der Waals surface area contributed by atoms with Crippen molar-refractivity contribution in [1.29, 1.82) is 0 Å². The molecule has 3 saturated heterocycles. The topological polar surface area (TPSA) is 84.8 Å². The highest BCUT2D eigenvalue weighted by molar-refractivity contribution is 5.84. The Morgan fingerprint density at radius 1 is 1.14 bits per heavy atom. The van der Waals surface area contributed by atoms with Crippen molar-refractivity contribution >= 4 is 11.9 Å². The van der Waals surface area contributed by atoms with E-state index in [-0.39, 0.29) is 12.0 Å². The van der Waals surface area contributed by atoms with Crippen LogP contribution in [0.5, 0.6) is 0 Å². The minimum Gasteiger partial charge on any atom is -0.468 e. The number of fused-ring (bicyclic) bond motifs is 1. The predicted molar refractivity (Wildman–Crippen MR) is 72.8 cm³/mol. The van der Waals surface area contributed by atoms with E-state index in [9.17, 15) is 4.79 Å². The molecule has 3 rings (SSSR count). The molecule has 0 aromatic carbocycles. The molecule has 8 heteroatoms. The van der Waals surface area contributed by atoms with Crippen molar-refractivity contribution in [1.82, 2.24) is 0 Å². The van der Waals surface area contributed by atoms with E-state index in [0.29, 0.717) is 6.61 Å². The second-order valence-corrected chi connectivity index (χ2v) is 6.48. The smallest absolute Gasteiger partial charge is 0.332 e. The Morgan fingerprint density at radius 3 is 2.45 bits per heavy atom. The van der Waals surface area contributed by atoms with E-state index >= 15 is 0 Å². The van der Waals surface area contributed by atoms with Crippen LogP contribution in [0.1, 0.15) is 34.6 Å². The maximum atomic E-state index is 10.9. The van der Waals surface area contributed by atoms with Crippen LogP contribution in [0.25, 0.3) is 0 Å². The van der Waals surface area contributed by atoms with E-state index in [0.717, 1.165) is 0 Å². The molecule has 0 bridgehead atoms. The summed E-state index contributed by atoms with van der Waals surface area (Å²) in [5, 5.41) is 3.73. The maximum Gasteiger partial charge on any atom is 0.332 e. The van der Waals surface area contributed by atoms with Gasteiger partial charge >= 0.3 is 5.97 Å². The molecule has 0 aromatic heterocycles. The van der Waals surface area contributed by atoms with Gasteiger partial charge in [-0.05, 0) is 32.9 Å². The summed E-state index contributed by atoms with van der Waals surface area (Å²) in [5.41, 5.74) is 0. The number of hydrogen-bond acceptors (Lipinski definition) is 8. The second-order valence-electron chi connectivity index (χ2n) is 6.48. The van der Waals surface area contributed by atoms with E-state index in [1.54, 1.807) is 0 Å². The normalized spacial score (nSPS) is 40.5. The van der Waals surface area contributed by atoms with Crippen LogP contribution in [-0.4, -0.2) is 54.5 Å². The molecular formula is C14H21NO7. The third kappa shape index (κ3) is 2.96. The van der Waals surface area contributed by atoms with Crippen molar-refractivity contribution < 1.29 is 33.3 Å². The Labute approximate surface area is 128 Å². The van der Waals surface area contributed by atoms with Gasteiger partial charge in [-0.1, -0.05) is 0 Å². The van der Waals surface area contributed by atoms with Crippen molar-refractivity contribution in [2.45, 2.75) is 70.6 Å². The molecular weight excluding hydrogens is 294 g/mol. The zero-order valence-electron chi connectivity index (χ0n) is 13.3. The molecule has 8 nitrogen and oxygen atoms in total. The summed E-state index contributed by atoms with van der Waals surface area (Å²) in [6.45, 7) is 8.93. The molecule has 0 saturated carbocycles. The lowest BCUT2D eigenvalue weighted by molar-refractivity contribution is -0.180. The maximum absolute atomic E-state index is 10.9. The van der Waals surface area contributed by atoms with Crippen LogP contribution < -0.4 is 0 Å². The molecule has 22 heavy (non-hydrogen) atoms. The number of rotatable bonds is 2. The van der Waals surface area contributed by atoms with Gasteiger partial charge in [0.05, 0.1) is 6.61 Å². The van der Waals surface area contributed by atoms with Crippen LogP contribution in [-0.2, 0) is 33.3 Å². The lowest BCUT2D eigenvalue weighted by atomic mass is 10.1. The summed E-state index contributed by atoms with van der Waals surface area (Å²) >= 11 is 0. The van der Waals surface area contributed by atoms with E-state index in [2.05, 4.69) is 9.99 Å². The number of carbonyl (C=O) groups excluding carboxylic acids is 1. The van der Waals surface area contributed by atoms with Gasteiger partial charge in [0.25, 0.3) is 5.90 Å². The third-order valence-electron chi connectivity index (χ3n) is 3.61. The Morgan fingerprint density at radius 2 is 1.86 bits per heavy atom. The van der Waals surface area contributed by atoms with E-state index in [4.69, 9.17) is 23.7 Å². The number of ether oxygens (including phenoxy) is 5. The lowest BCUT2D eigenvalue weighted by Gasteiger charge is -2.25. The molecule has 124 valence electrons. The minimum absolute atomic E-state index is 0.184. The van der Waals surface area contributed by atoms with Gasteiger partial charge in [0.1, 0.15) is 12.2 Å². The van der Waals surface area contributed by atoms with Crippen LogP contribution in [0.4, 0.5) is 0 Å². The number of carbonyl (C=O) groups is 1. The van der Waals surface area contributed by atoms with Gasteiger partial charge < -0.3 is 28.5 Å². The van der Waals surface area contributed by atoms with Crippen molar-refractivity contribution in [3.05, 3.63) is 0 Å². The molecule has 3 fully saturated rings. The molecule has 1 unspecified atom stereocenters. The number of hydrogen-bond donors (Lipinski definition) is 0. The van der Waals surface area contributed by atoms with Gasteiger partial charge in [-0.2, -0.15) is 0 Å². The number of oxime groups is 1. The number of nitrogens with zero attached hydrogens (tertiary/aromatic N) is 1. The van der Waals surface area contributed by atoms with Crippen LogP contribution in [0.15, 0.2) is 5.16 Å². The van der Waals surface area contributed by atoms with Crippen molar-refractivity contribution in [2.24, 2.45) is 5.16 Å². The molecule has 4 atom stereocenters. The highest BCUT2D eigenvalue weighted by atomic mass is 16.8. The molecule has 3 aliphatic heterocycles.